The molecule has 1 unspecified atom stereocenters. The molecule has 1 aliphatic heterocycles. The molecule has 3 heterocycles. The number of hydrogen-bond acceptors (Lipinski definition) is 6. The van der Waals surface area contributed by atoms with Crippen LogP contribution in [0.1, 0.15) is 19.3 Å². The van der Waals surface area contributed by atoms with Crippen LogP contribution in [0.4, 0.5) is 5.95 Å². The summed E-state index contributed by atoms with van der Waals surface area (Å²) in [6, 6.07) is 7.56. The van der Waals surface area contributed by atoms with Crippen molar-refractivity contribution in [1.82, 2.24) is 19.1 Å². The average molecular weight is 525 g/mol. The Labute approximate surface area is 186 Å². The van der Waals surface area contributed by atoms with Gasteiger partial charge >= 0.3 is 5.69 Å². The lowest BCUT2D eigenvalue weighted by atomic mass is 10.1. The third-order valence-corrected chi connectivity index (χ3v) is 5.99. The molecule has 1 fully saturated rings. The lowest BCUT2D eigenvalue weighted by Crippen LogP contribution is -2.34. The van der Waals surface area contributed by atoms with Gasteiger partial charge < -0.3 is 19.3 Å². The molecule has 1 aromatic carbocycles. The molecule has 0 bridgehead atoms. The third kappa shape index (κ3) is 4.24. The number of aryl methyl sites for hydroxylation is 1. The van der Waals surface area contributed by atoms with Gasteiger partial charge in [0.2, 0.25) is 5.95 Å². The molecule has 1 saturated heterocycles. The average Bonchev–Trinajstić information content (AvgIpc) is 3.12. The predicted octanol–water partition coefficient (Wildman–Crippen LogP) is 1.46. The zero-order valence-electron chi connectivity index (χ0n) is 16.7. The van der Waals surface area contributed by atoms with Crippen molar-refractivity contribution in [3.63, 3.8) is 0 Å². The minimum atomic E-state index is -0.859. The summed E-state index contributed by atoms with van der Waals surface area (Å²) in [7, 11) is 1.58. The second-order valence-electron chi connectivity index (χ2n) is 7.48. The molecule has 30 heavy (non-hydrogen) atoms. The van der Waals surface area contributed by atoms with Crippen molar-refractivity contribution in [3.8, 4) is 5.75 Å². The molecule has 2 aromatic heterocycles. The zero-order chi connectivity index (χ0) is 21.3. The predicted molar refractivity (Wildman–Crippen MR) is 122 cm³/mol. The number of H-pyrrole nitrogens is 1. The van der Waals surface area contributed by atoms with Crippen molar-refractivity contribution in [2.45, 2.75) is 31.9 Å². The summed E-state index contributed by atoms with van der Waals surface area (Å²) in [5.41, 5.74) is -0.416. The molecule has 0 saturated carbocycles. The van der Waals surface area contributed by atoms with E-state index in [1.807, 2.05) is 24.3 Å². The van der Waals surface area contributed by atoms with Gasteiger partial charge in [-0.25, -0.2) is 4.79 Å². The Balaban J connectivity index is 1.65. The standard InChI is InChI=1S/C20H24IN5O4/c1-24-17-16(18(28)23-20(24)29)26(19(22-17)25-9-3-2-4-10-25)11-14(27)12-30-15-7-5-13(21)6-8-15/h5-8,14,27H,2-4,9-12H2,1H3,(H,23,28,29). The number of hydrogen-bond donors (Lipinski definition) is 2. The molecule has 9 nitrogen and oxygen atoms in total. The van der Waals surface area contributed by atoms with E-state index in [0.29, 0.717) is 17.3 Å². The Morgan fingerprint density at radius 3 is 2.60 bits per heavy atom. The number of nitrogens with one attached hydrogen (secondary N) is 1. The fourth-order valence-corrected chi connectivity index (χ4v) is 4.08. The van der Waals surface area contributed by atoms with Gasteiger partial charge in [0.15, 0.2) is 11.2 Å². The quantitative estimate of drug-likeness (QED) is 0.473. The maximum Gasteiger partial charge on any atom is 0.329 e. The van der Waals surface area contributed by atoms with Crippen LogP contribution in [0.2, 0.25) is 0 Å². The number of aliphatic hydroxyl groups is 1. The smallest absolute Gasteiger partial charge is 0.329 e. The first-order chi connectivity index (χ1) is 14.4. The van der Waals surface area contributed by atoms with Gasteiger partial charge in [0.25, 0.3) is 5.56 Å². The summed E-state index contributed by atoms with van der Waals surface area (Å²) >= 11 is 2.22. The Kier molecular flexibility index (Phi) is 6.14. The van der Waals surface area contributed by atoms with Crippen LogP contribution in [0.3, 0.4) is 0 Å². The number of aromatic amines is 1. The Bertz CT molecular complexity index is 1140. The summed E-state index contributed by atoms with van der Waals surface area (Å²) in [5, 5.41) is 10.7. The van der Waals surface area contributed by atoms with Crippen molar-refractivity contribution >= 4 is 39.7 Å². The van der Waals surface area contributed by atoms with Crippen molar-refractivity contribution < 1.29 is 9.84 Å². The molecular formula is C20H24IN5O4. The number of rotatable bonds is 6. The SMILES string of the molecule is Cn1c(=O)[nH]c(=O)c2c1nc(N1CCCCC1)n2CC(O)COc1ccc(I)cc1. The van der Waals surface area contributed by atoms with Crippen LogP contribution >= 0.6 is 22.6 Å². The summed E-state index contributed by atoms with van der Waals surface area (Å²) in [6.07, 6.45) is 2.37. The number of anilines is 1. The second kappa shape index (κ2) is 8.80. The number of aliphatic hydroxyl groups excluding tert-OH is 1. The van der Waals surface area contributed by atoms with E-state index in [1.54, 1.807) is 11.6 Å². The van der Waals surface area contributed by atoms with Gasteiger partial charge in [-0.1, -0.05) is 0 Å². The maximum absolute atomic E-state index is 12.6. The summed E-state index contributed by atoms with van der Waals surface area (Å²) < 4.78 is 9.84. The monoisotopic (exact) mass is 525 g/mol. The van der Waals surface area contributed by atoms with E-state index in [4.69, 9.17) is 4.74 Å². The molecule has 3 aromatic rings. The normalized spacial score (nSPS) is 15.5. The van der Waals surface area contributed by atoms with Gasteiger partial charge in [-0.05, 0) is 66.1 Å². The second-order valence-corrected chi connectivity index (χ2v) is 8.73. The van der Waals surface area contributed by atoms with Gasteiger partial charge in [-0.2, -0.15) is 4.98 Å². The summed E-state index contributed by atoms with van der Waals surface area (Å²) in [6.45, 7) is 1.85. The molecule has 160 valence electrons. The highest BCUT2D eigenvalue weighted by Gasteiger charge is 2.24. The number of nitrogens with zero attached hydrogens (tertiary/aromatic N) is 4. The van der Waals surface area contributed by atoms with Crippen LogP contribution in [0.5, 0.6) is 5.75 Å². The number of aromatic nitrogens is 4. The van der Waals surface area contributed by atoms with Crippen LogP contribution in [0, 0.1) is 3.57 Å². The first-order valence-corrected chi connectivity index (χ1v) is 11.0. The maximum atomic E-state index is 12.6. The van der Waals surface area contributed by atoms with Crippen LogP contribution in [0.15, 0.2) is 33.9 Å². The first-order valence-electron chi connectivity index (χ1n) is 9.95. The molecule has 10 heteroatoms. The van der Waals surface area contributed by atoms with E-state index >= 15 is 0 Å². The largest absolute Gasteiger partial charge is 0.491 e. The molecular weight excluding hydrogens is 501 g/mol. The van der Waals surface area contributed by atoms with Gasteiger partial charge in [-0.3, -0.25) is 14.3 Å². The van der Waals surface area contributed by atoms with Crippen molar-refractivity contribution in [2.24, 2.45) is 7.05 Å². The molecule has 2 N–H and O–H groups in total. The highest BCUT2D eigenvalue weighted by atomic mass is 127. The van der Waals surface area contributed by atoms with Crippen LogP contribution in [-0.4, -0.2) is 50.0 Å². The topological polar surface area (TPSA) is 105 Å². The number of imidazole rings is 1. The Morgan fingerprint density at radius 1 is 1.20 bits per heavy atom. The highest BCUT2D eigenvalue weighted by Crippen LogP contribution is 2.23. The summed E-state index contributed by atoms with van der Waals surface area (Å²) in [5.74, 6) is 1.27. The van der Waals surface area contributed by atoms with Crippen molar-refractivity contribution in [2.75, 3.05) is 24.6 Å². The van der Waals surface area contributed by atoms with Gasteiger partial charge in [0.1, 0.15) is 18.5 Å². The minimum Gasteiger partial charge on any atom is -0.491 e. The van der Waals surface area contributed by atoms with Gasteiger partial charge in [-0.15, -0.1) is 0 Å². The molecule has 4 rings (SSSR count). The molecule has 1 aliphatic rings. The first kappa shape index (κ1) is 20.9. The van der Waals surface area contributed by atoms with Gasteiger partial charge in [0, 0.05) is 23.7 Å². The number of ether oxygens (including phenoxy) is 1. The number of fused-ring (bicyclic) bond motifs is 1. The number of halogens is 1. The lowest BCUT2D eigenvalue weighted by Gasteiger charge is -2.28. The molecule has 1 atom stereocenters. The zero-order valence-corrected chi connectivity index (χ0v) is 18.8. The van der Waals surface area contributed by atoms with E-state index in [1.165, 1.54) is 4.57 Å². The fraction of sp³-hybridized carbons (Fsp3) is 0.450. The Hall–Kier alpha value is -2.34. The van der Waals surface area contributed by atoms with Crippen LogP contribution < -0.4 is 20.9 Å². The minimum absolute atomic E-state index is 0.0728. The fourth-order valence-electron chi connectivity index (χ4n) is 3.72. The van der Waals surface area contributed by atoms with E-state index < -0.39 is 17.4 Å². The molecule has 0 aliphatic carbocycles. The number of benzene rings is 1. The molecule has 0 spiro atoms. The van der Waals surface area contributed by atoms with Crippen LogP contribution in [0.25, 0.3) is 11.2 Å². The van der Waals surface area contributed by atoms with Crippen molar-refractivity contribution in [3.05, 3.63) is 48.7 Å². The van der Waals surface area contributed by atoms with E-state index in [-0.39, 0.29) is 18.7 Å². The van der Waals surface area contributed by atoms with Gasteiger partial charge in [0.05, 0.1) is 6.54 Å². The Morgan fingerprint density at radius 2 is 1.90 bits per heavy atom. The third-order valence-electron chi connectivity index (χ3n) is 5.28. The van der Waals surface area contributed by atoms with Crippen molar-refractivity contribution in [1.29, 1.82) is 0 Å². The molecule has 0 amide bonds. The summed E-state index contributed by atoms with van der Waals surface area (Å²) in [4.78, 5) is 33.7. The van der Waals surface area contributed by atoms with E-state index in [0.717, 1.165) is 35.9 Å². The number of piperidine rings is 1. The van der Waals surface area contributed by atoms with Crippen LogP contribution in [-0.2, 0) is 13.6 Å². The van der Waals surface area contributed by atoms with E-state index in [9.17, 15) is 14.7 Å². The van der Waals surface area contributed by atoms with E-state index in [2.05, 4.69) is 37.5 Å². The highest BCUT2D eigenvalue weighted by molar-refractivity contribution is 14.1. The lowest BCUT2D eigenvalue weighted by molar-refractivity contribution is 0.0936. The molecule has 0 radical (unpaired) electrons.